The van der Waals surface area contributed by atoms with E-state index in [2.05, 4.69) is 5.10 Å². The SMILES string of the molecule is CCN(CC)C(=O)Cn1nc2n(CCOC)c3ccccc3n2c1=O. The normalized spacial score (nSPS) is 11.5. The molecule has 0 aliphatic carbocycles. The number of hydrogen-bond donors (Lipinski definition) is 0. The van der Waals surface area contributed by atoms with E-state index in [1.807, 2.05) is 42.7 Å². The lowest BCUT2D eigenvalue weighted by molar-refractivity contribution is -0.131. The van der Waals surface area contributed by atoms with Crippen LogP contribution in [0.3, 0.4) is 0 Å². The summed E-state index contributed by atoms with van der Waals surface area (Å²) < 4.78 is 9.91. The smallest absolute Gasteiger partial charge is 0.352 e. The third-order valence-corrected chi connectivity index (χ3v) is 4.40. The first-order chi connectivity index (χ1) is 12.1. The van der Waals surface area contributed by atoms with Crippen LogP contribution in [0.2, 0.25) is 0 Å². The molecule has 8 nitrogen and oxygen atoms in total. The molecular weight excluding hydrogens is 322 g/mol. The summed E-state index contributed by atoms with van der Waals surface area (Å²) in [5, 5.41) is 4.42. The number of nitrogens with zero attached hydrogens (tertiary/aromatic N) is 5. The van der Waals surface area contributed by atoms with E-state index in [0.717, 1.165) is 11.0 Å². The highest BCUT2D eigenvalue weighted by atomic mass is 16.5. The fraction of sp³-hybridized carbons (Fsp3) is 0.471. The van der Waals surface area contributed by atoms with Crippen molar-refractivity contribution in [3.8, 4) is 0 Å². The van der Waals surface area contributed by atoms with Gasteiger partial charge in [0.2, 0.25) is 11.7 Å². The van der Waals surface area contributed by atoms with Crippen LogP contribution in [0.25, 0.3) is 16.8 Å². The van der Waals surface area contributed by atoms with Crippen molar-refractivity contribution in [2.24, 2.45) is 0 Å². The molecule has 1 amide bonds. The van der Waals surface area contributed by atoms with Gasteiger partial charge >= 0.3 is 5.69 Å². The van der Waals surface area contributed by atoms with Crippen molar-refractivity contribution < 1.29 is 9.53 Å². The second-order valence-corrected chi connectivity index (χ2v) is 5.77. The first-order valence-corrected chi connectivity index (χ1v) is 8.45. The predicted molar refractivity (Wildman–Crippen MR) is 94.8 cm³/mol. The lowest BCUT2D eigenvalue weighted by Gasteiger charge is -2.17. The van der Waals surface area contributed by atoms with Gasteiger partial charge < -0.3 is 14.2 Å². The highest BCUT2D eigenvalue weighted by molar-refractivity contribution is 5.81. The van der Waals surface area contributed by atoms with Gasteiger partial charge in [-0.05, 0) is 26.0 Å². The van der Waals surface area contributed by atoms with Crippen LogP contribution in [0, 0.1) is 0 Å². The fourth-order valence-electron chi connectivity index (χ4n) is 3.08. The Hall–Kier alpha value is -2.61. The number of imidazole rings is 1. The van der Waals surface area contributed by atoms with Crippen molar-refractivity contribution in [2.75, 3.05) is 26.8 Å². The topological polar surface area (TPSA) is 73.8 Å². The molecule has 0 fully saturated rings. The third-order valence-electron chi connectivity index (χ3n) is 4.40. The van der Waals surface area contributed by atoms with Gasteiger partial charge in [-0.15, -0.1) is 5.10 Å². The number of benzene rings is 1. The van der Waals surface area contributed by atoms with Gasteiger partial charge in [-0.3, -0.25) is 4.79 Å². The summed E-state index contributed by atoms with van der Waals surface area (Å²) in [6.45, 7) is 6.09. The van der Waals surface area contributed by atoms with Gasteiger partial charge in [-0.2, -0.15) is 0 Å². The second-order valence-electron chi connectivity index (χ2n) is 5.77. The lowest BCUT2D eigenvalue weighted by Crippen LogP contribution is -2.36. The quantitative estimate of drug-likeness (QED) is 0.639. The number of rotatable bonds is 7. The minimum absolute atomic E-state index is 0.0548. The molecule has 0 aliphatic heterocycles. The predicted octanol–water partition coefficient (Wildman–Crippen LogP) is 0.965. The molecule has 0 atom stereocenters. The van der Waals surface area contributed by atoms with Crippen molar-refractivity contribution >= 4 is 22.7 Å². The standard InChI is InChI=1S/C17H23N5O3/c1-4-19(5-2)15(23)12-21-17(24)22-14-9-7-6-8-13(14)20(10-11-25-3)16(22)18-21/h6-9H,4-5,10-12H2,1-3H3. The van der Waals surface area contributed by atoms with Crippen LogP contribution in [-0.2, 0) is 22.6 Å². The molecule has 0 saturated carbocycles. The molecule has 0 unspecified atom stereocenters. The first-order valence-electron chi connectivity index (χ1n) is 8.45. The minimum atomic E-state index is -0.303. The Morgan fingerprint density at radius 2 is 1.88 bits per heavy atom. The number of amides is 1. The van der Waals surface area contributed by atoms with Gasteiger partial charge in [0.25, 0.3) is 0 Å². The van der Waals surface area contributed by atoms with Crippen LogP contribution in [0.4, 0.5) is 0 Å². The molecule has 8 heteroatoms. The maximum atomic E-state index is 12.8. The molecule has 1 aromatic carbocycles. The lowest BCUT2D eigenvalue weighted by atomic mass is 10.3. The monoisotopic (exact) mass is 345 g/mol. The summed E-state index contributed by atoms with van der Waals surface area (Å²) in [4.78, 5) is 26.8. The van der Waals surface area contributed by atoms with Crippen molar-refractivity contribution in [3.05, 3.63) is 34.7 Å². The maximum absolute atomic E-state index is 12.8. The molecular formula is C17H23N5O3. The largest absolute Gasteiger partial charge is 0.383 e. The van der Waals surface area contributed by atoms with Gasteiger partial charge in [0.15, 0.2) is 0 Å². The summed E-state index contributed by atoms with van der Waals surface area (Å²) in [7, 11) is 1.64. The van der Waals surface area contributed by atoms with E-state index >= 15 is 0 Å². The second kappa shape index (κ2) is 7.10. The molecule has 0 aliphatic rings. The Bertz CT molecular complexity index is 948. The highest BCUT2D eigenvalue weighted by Gasteiger charge is 2.19. The van der Waals surface area contributed by atoms with E-state index < -0.39 is 0 Å². The fourth-order valence-corrected chi connectivity index (χ4v) is 3.08. The Labute approximate surface area is 145 Å². The molecule has 25 heavy (non-hydrogen) atoms. The number of ether oxygens (including phenoxy) is 1. The molecule has 3 rings (SSSR count). The molecule has 0 spiro atoms. The summed E-state index contributed by atoms with van der Waals surface area (Å²) in [6.07, 6.45) is 0. The Morgan fingerprint density at radius 1 is 1.20 bits per heavy atom. The van der Waals surface area contributed by atoms with Crippen LogP contribution in [0.5, 0.6) is 0 Å². The van der Waals surface area contributed by atoms with E-state index in [1.54, 1.807) is 16.4 Å². The van der Waals surface area contributed by atoms with Crippen molar-refractivity contribution in [2.45, 2.75) is 26.9 Å². The Balaban J connectivity index is 2.10. The van der Waals surface area contributed by atoms with E-state index in [1.165, 1.54) is 4.68 Å². The van der Waals surface area contributed by atoms with E-state index in [4.69, 9.17) is 4.74 Å². The van der Waals surface area contributed by atoms with Crippen LogP contribution in [0.1, 0.15) is 13.8 Å². The first kappa shape index (κ1) is 17.2. The van der Waals surface area contributed by atoms with Gasteiger partial charge in [-0.25, -0.2) is 13.9 Å². The molecule has 2 heterocycles. The van der Waals surface area contributed by atoms with Crippen LogP contribution in [0.15, 0.2) is 29.1 Å². The number of methoxy groups -OCH3 is 1. The minimum Gasteiger partial charge on any atom is -0.383 e. The number of hydrogen-bond acceptors (Lipinski definition) is 4. The molecule has 0 saturated heterocycles. The summed E-state index contributed by atoms with van der Waals surface area (Å²) in [5.41, 5.74) is 1.39. The number of fused-ring (bicyclic) bond motifs is 3. The summed E-state index contributed by atoms with van der Waals surface area (Å²) in [6, 6.07) is 7.64. The van der Waals surface area contributed by atoms with Crippen molar-refractivity contribution in [1.29, 1.82) is 0 Å². The molecule has 0 N–H and O–H groups in total. The van der Waals surface area contributed by atoms with Gasteiger partial charge in [0.1, 0.15) is 6.54 Å². The molecule has 0 radical (unpaired) electrons. The molecule has 134 valence electrons. The number of likely N-dealkylation sites (N-methyl/N-ethyl adjacent to an activating group) is 1. The zero-order valence-electron chi connectivity index (χ0n) is 14.8. The number of para-hydroxylation sites is 2. The number of carbonyl (C=O) groups is 1. The third kappa shape index (κ3) is 2.93. The van der Waals surface area contributed by atoms with Gasteiger partial charge in [0.05, 0.1) is 17.6 Å². The number of carbonyl (C=O) groups excluding carboxylic acids is 1. The molecule has 0 bridgehead atoms. The molecule has 2 aromatic heterocycles. The van der Waals surface area contributed by atoms with E-state index in [-0.39, 0.29) is 18.1 Å². The average Bonchev–Trinajstić information content (AvgIpc) is 3.09. The van der Waals surface area contributed by atoms with E-state index in [9.17, 15) is 9.59 Å². The highest BCUT2D eigenvalue weighted by Crippen LogP contribution is 2.18. The van der Waals surface area contributed by atoms with Crippen LogP contribution >= 0.6 is 0 Å². The van der Waals surface area contributed by atoms with Gasteiger partial charge in [-0.1, -0.05) is 12.1 Å². The Morgan fingerprint density at radius 3 is 2.52 bits per heavy atom. The molecule has 3 aromatic rings. The van der Waals surface area contributed by atoms with Crippen LogP contribution < -0.4 is 5.69 Å². The maximum Gasteiger partial charge on any atom is 0.352 e. The summed E-state index contributed by atoms with van der Waals surface area (Å²) in [5.74, 6) is 0.413. The van der Waals surface area contributed by atoms with Crippen molar-refractivity contribution in [1.82, 2.24) is 23.6 Å². The van der Waals surface area contributed by atoms with Crippen LogP contribution in [-0.4, -0.2) is 56.4 Å². The average molecular weight is 345 g/mol. The summed E-state index contributed by atoms with van der Waals surface area (Å²) >= 11 is 0. The van der Waals surface area contributed by atoms with Gasteiger partial charge in [0, 0.05) is 26.7 Å². The van der Waals surface area contributed by atoms with Crippen molar-refractivity contribution in [3.63, 3.8) is 0 Å². The zero-order valence-corrected chi connectivity index (χ0v) is 14.8. The zero-order chi connectivity index (χ0) is 18.0. The Kier molecular flexibility index (Phi) is 4.89. The number of aromatic nitrogens is 4. The van der Waals surface area contributed by atoms with E-state index in [0.29, 0.717) is 32.0 Å².